The Hall–Kier alpha value is -3.41. The maximum atomic E-state index is 14.0. The molecule has 6 nitrogen and oxygen atoms in total. The normalized spacial score (nSPS) is 20.3. The van der Waals surface area contributed by atoms with Crippen LogP contribution in [0.3, 0.4) is 0 Å². The molecule has 2 aliphatic heterocycles. The van der Waals surface area contributed by atoms with Crippen molar-refractivity contribution < 1.29 is 9.59 Å². The molecule has 2 amide bonds. The first-order valence-corrected chi connectivity index (χ1v) is 10.2. The molecule has 5 rings (SSSR count). The zero-order valence-electron chi connectivity index (χ0n) is 17.3. The van der Waals surface area contributed by atoms with Gasteiger partial charge in [0.05, 0.1) is 18.3 Å². The van der Waals surface area contributed by atoms with Crippen LogP contribution in [0.2, 0.25) is 0 Å². The summed E-state index contributed by atoms with van der Waals surface area (Å²) in [6, 6.07) is 17.7. The van der Waals surface area contributed by atoms with E-state index in [2.05, 4.69) is 10.4 Å². The van der Waals surface area contributed by atoms with Gasteiger partial charge in [0.15, 0.2) is 0 Å². The SMILES string of the molecule is CC(C)(C)n1ncc2c1NC(=O)CC21C(=O)N(Cc2ccccc2)c2ccccc21. The third kappa shape index (κ3) is 2.53. The minimum absolute atomic E-state index is 0.0721. The summed E-state index contributed by atoms with van der Waals surface area (Å²) in [4.78, 5) is 28.7. The Morgan fingerprint density at radius 1 is 1.00 bits per heavy atom. The summed E-state index contributed by atoms with van der Waals surface area (Å²) in [6.45, 7) is 6.54. The van der Waals surface area contributed by atoms with Crippen LogP contribution in [-0.2, 0) is 27.1 Å². The lowest BCUT2D eigenvalue weighted by Gasteiger charge is -2.34. The van der Waals surface area contributed by atoms with E-state index in [9.17, 15) is 9.59 Å². The largest absolute Gasteiger partial charge is 0.311 e. The molecule has 2 aliphatic rings. The van der Waals surface area contributed by atoms with E-state index in [4.69, 9.17) is 0 Å². The van der Waals surface area contributed by atoms with Crippen molar-refractivity contribution in [3.63, 3.8) is 0 Å². The first kappa shape index (κ1) is 18.6. The Morgan fingerprint density at radius 2 is 1.70 bits per heavy atom. The summed E-state index contributed by atoms with van der Waals surface area (Å²) in [5.41, 5.74) is 2.16. The summed E-state index contributed by atoms with van der Waals surface area (Å²) >= 11 is 0. The number of rotatable bonds is 2. The second-order valence-electron chi connectivity index (χ2n) is 9.01. The van der Waals surface area contributed by atoms with Gasteiger partial charge in [-0.15, -0.1) is 0 Å². The molecule has 1 spiro atoms. The topological polar surface area (TPSA) is 67.2 Å². The summed E-state index contributed by atoms with van der Waals surface area (Å²) in [7, 11) is 0. The molecule has 3 aromatic rings. The highest BCUT2D eigenvalue weighted by atomic mass is 16.2. The number of amides is 2. The van der Waals surface area contributed by atoms with Gasteiger partial charge >= 0.3 is 0 Å². The molecule has 3 heterocycles. The number of nitrogens with one attached hydrogen (secondary N) is 1. The van der Waals surface area contributed by atoms with Crippen molar-refractivity contribution in [1.29, 1.82) is 0 Å². The van der Waals surface area contributed by atoms with Crippen molar-refractivity contribution in [2.45, 2.75) is 44.7 Å². The number of aromatic nitrogens is 2. The molecular formula is C24H24N4O2. The molecule has 0 fully saturated rings. The lowest BCUT2D eigenvalue weighted by Crippen LogP contribution is -2.46. The average molecular weight is 400 g/mol. The Kier molecular flexibility index (Phi) is 3.90. The molecule has 1 N–H and O–H groups in total. The fourth-order valence-corrected chi connectivity index (χ4v) is 4.68. The number of carbonyl (C=O) groups is 2. The van der Waals surface area contributed by atoms with E-state index in [1.165, 1.54) is 0 Å². The molecular weight excluding hydrogens is 376 g/mol. The number of hydrogen-bond donors (Lipinski definition) is 1. The molecule has 0 saturated heterocycles. The summed E-state index contributed by atoms with van der Waals surface area (Å²) < 4.78 is 1.80. The quantitative estimate of drug-likeness (QED) is 0.711. The van der Waals surface area contributed by atoms with Crippen LogP contribution in [0.5, 0.6) is 0 Å². The predicted octanol–water partition coefficient (Wildman–Crippen LogP) is 3.81. The van der Waals surface area contributed by atoms with E-state index in [0.717, 1.165) is 22.4 Å². The van der Waals surface area contributed by atoms with Crippen LogP contribution in [0, 0.1) is 0 Å². The number of anilines is 2. The van der Waals surface area contributed by atoms with Gasteiger partial charge in [-0.3, -0.25) is 9.59 Å². The van der Waals surface area contributed by atoms with Gasteiger partial charge in [-0.25, -0.2) is 4.68 Å². The number of carbonyl (C=O) groups excluding carboxylic acids is 2. The van der Waals surface area contributed by atoms with Crippen LogP contribution < -0.4 is 10.2 Å². The highest BCUT2D eigenvalue weighted by Crippen LogP contribution is 2.52. The zero-order valence-corrected chi connectivity index (χ0v) is 17.3. The van der Waals surface area contributed by atoms with Crippen molar-refractivity contribution in [3.8, 4) is 0 Å². The van der Waals surface area contributed by atoms with Gasteiger partial charge in [0.25, 0.3) is 0 Å². The monoisotopic (exact) mass is 400 g/mol. The van der Waals surface area contributed by atoms with E-state index in [1.807, 2.05) is 80.3 Å². The average Bonchev–Trinajstić information content (AvgIpc) is 3.24. The molecule has 1 atom stereocenters. The molecule has 0 bridgehead atoms. The van der Waals surface area contributed by atoms with Gasteiger partial charge in [0, 0.05) is 17.7 Å². The Bertz CT molecular complexity index is 1160. The number of fused-ring (bicyclic) bond motifs is 4. The third-order valence-electron chi connectivity index (χ3n) is 6.00. The molecule has 6 heteroatoms. The number of nitrogens with zero attached hydrogens (tertiary/aromatic N) is 3. The minimum atomic E-state index is -1.05. The van der Waals surface area contributed by atoms with Crippen molar-refractivity contribution in [2.75, 3.05) is 10.2 Å². The maximum Gasteiger partial charge on any atom is 0.243 e. The maximum absolute atomic E-state index is 14.0. The molecule has 0 saturated carbocycles. The van der Waals surface area contributed by atoms with Gasteiger partial charge in [0.1, 0.15) is 11.2 Å². The van der Waals surface area contributed by atoms with Crippen LogP contribution in [0.4, 0.5) is 11.5 Å². The predicted molar refractivity (Wildman–Crippen MR) is 115 cm³/mol. The molecule has 1 unspecified atom stereocenters. The van der Waals surface area contributed by atoms with Crippen molar-refractivity contribution >= 4 is 23.3 Å². The summed E-state index contributed by atoms with van der Waals surface area (Å²) in [5.74, 6) is 0.374. The summed E-state index contributed by atoms with van der Waals surface area (Å²) in [5, 5.41) is 7.54. The lowest BCUT2D eigenvalue weighted by molar-refractivity contribution is -0.126. The van der Waals surface area contributed by atoms with Gasteiger partial charge < -0.3 is 10.2 Å². The first-order chi connectivity index (χ1) is 14.3. The van der Waals surface area contributed by atoms with Crippen molar-refractivity contribution in [3.05, 3.63) is 77.5 Å². The highest BCUT2D eigenvalue weighted by molar-refractivity contribution is 6.15. The summed E-state index contributed by atoms with van der Waals surface area (Å²) in [6.07, 6.45) is 1.83. The highest BCUT2D eigenvalue weighted by Gasteiger charge is 2.57. The van der Waals surface area contributed by atoms with Crippen molar-refractivity contribution in [1.82, 2.24) is 9.78 Å². The van der Waals surface area contributed by atoms with Crippen LogP contribution in [0.25, 0.3) is 0 Å². The fraction of sp³-hybridized carbons (Fsp3) is 0.292. The van der Waals surface area contributed by atoms with E-state index in [1.54, 1.807) is 10.9 Å². The molecule has 0 aliphatic carbocycles. The van der Waals surface area contributed by atoms with E-state index >= 15 is 0 Å². The number of hydrogen-bond acceptors (Lipinski definition) is 3. The van der Waals surface area contributed by atoms with Crippen LogP contribution in [0.1, 0.15) is 43.9 Å². The smallest absolute Gasteiger partial charge is 0.243 e. The molecule has 0 radical (unpaired) electrons. The zero-order chi connectivity index (χ0) is 21.1. The molecule has 30 heavy (non-hydrogen) atoms. The van der Waals surface area contributed by atoms with Gasteiger partial charge in [-0.2, -0.15) is 5.10 Å². The van der Waals surface area contributed by atoms with Gasteiger partial charge in [0.2, 0.25) is 11.8 Å². The third-order valence-corrected chi connectivity index (χ3v) is 6.00. The van der Waals surface area contributed by atoms with Crippen LogP contribution in [-0.4, -0.2) is 21.6 Å². The number of para-hydroxylation sites is 1. The molecule has 152 valence electrons. The van der Waals surface area contributed by atoms with E-state index in [-0.39, 0.29) is 23.8 Å². The molecule has 1 aromatic heterocycles. The Morgan fingerprint density at radius 3 is 2.43 bits per heavy atom. The van der Waals surface area contributed by atoms with Gasteiger partial charge in [-0.05, 0) is 38.0 Å². The van der Waals surface area contributed by atoms with Crippen LogP contribution >= 0.6 is 0 Å². The molecule has 2 aromatic carbocycles. The second kappa shape index (κ2) is 6.29. The van der Waals surface area contributed by atoms with Gasteiger partial charge in [-0.1, -0.05) is 48.5 Å². The Labute approximate surface area is 175 Å². The standard InChI is InChI=1S/C24H24N4O2/c1-23(2,3)28-21-18(14-25-28)24(13-20(29)26-21)17-11-7-8-12-19(17)27(22(24)30)15-16-9-5-4-6-10-16/h4-12,14H,13,15H2,1-3H3,(H,26,29). The van der Waals surface area contributed by atoms with Crippen molar-refractivity contribution in [2.24, 2.45) is 0 Å². The number of benzene rings is 2. The van der Waals surface area contributed by atoms with E-state index < -0.39 is 5.41 Å². The second-order valence-corrected chi connectivity index (χ2v) is 9.01. The fourth-order valence-electron chi connectivity index (χ4n) is 4.68. The lowest BCUT2D eigenvalue weighted by atomic mass is 9.71. The first-order valence-electron chi connectivity index (χ1n) is 10.2. The Balaban J connectivity index is 1.71. The van der Waals surface area contributed by atoms with E-state index in [0.29, 0.717) is 12.4 Å². The van der Waals surface area contributed by atoms with Crippen LogP contribution in [0.15, 0.2) is 60.8 Å². The minimum Gasteiger partial charge on any atom is -0.311 e.